The predicted octanol–water partition coefficient (Wildman–Crippen LogP) is 2.21. The summed E-state index contributed by atoms with van der Waals surface area (Å²) in [6, 6.07) is 1.57. The van der Waals surface area contributed by atoms with E-state index in [-0.39, 0.29) is 0 Å². The van der Waals surface area contributed by atoms with Crippen LogP contribution in [0.1, 0.15) is 24.8 Å². The molecule has 0 amide bonds. The van der Waals surface area contributed by atoms with Crippen molar-refractivity contribution in [3.8, 4) is 0 Å². The molecule has 1 aliphatic carbocycles. The highest BCUT2D eigenvalue weighted by Gasteiger charge is 2.37. The van der Waals surface area contributed by atoms with Gasteiger partial charge < -0.3 is 5.73 Å². The number of hydrogen-bond acceptors (Lipinski definition) is 2. The van der Waals surface area contributed by atoms with Crippen molar-refractivity contribution in [3.63, 3.8) is 0 Å². The summed E-state index contributed by atoms with van der Waals surface area (Å²) in [7, 11) is 0. The first kappa shape index (κ1) is 8.91. The summed E-state index contributed by atoms with van der Waals surface area (Å²) in [5.41, 5.74) is 5.88. The molecule has 13 heavy (non-hydrogen) atoms. The second-order valence-corrected chi connectivity index (χ2v) is 3.94. The van der Waals surface area contributed by atoms with E-state index >= 15 is 0 Å². The maximum Gasteiger partial charge on any atom is 0.217 e. The molecule has 0 saturated heterocycles. The van der Waals surface area contributed by atoms with Gasteiger partial charge in [0.1, 0.15) is 0 Å². The first-order valence-corrected chi connectivity index (χ1v) is 4.60. The third-order valence-corrected chi connectivity index (χ3v) is 2.79. The quantitative estimate of drug-likeness (QED) is 0.706. The Morgan fingerprint density at radius 2 is 2.23 bits per heavy atom. The number of pyridine rings is 1. The van der Waals surface area contributed by atoms with Gasteiger partial charge in [-0.05, 0) is 25.3 Å². The molecule has 0 aliphatic heterocycles. The Hall–Kier alpha value is -0.670. The minimum Gasteiger partial charge on any atom is -0.321 e. The van der Waals surface area contributed by atoms with Crippen LogP contribution in [0.25, 0.3) is 0 Å². The summed E-state index contributed by atoms with van der Waals surface area (Å²) >= 11 is 5.72. The number of nitrogens with zero attached hydrogens (tertiary/aromatic N) is 1. The number of nitrogens with two attached hydrogens (primary N) is 1. The van der Waals surface area contributed by atoms with Crippen molar-refractivity contribution in [2.45, 2.75) is 24.8 Å². The van der Waals surface area contributed by atoms with Crippen LogP contribution in [-0.4, -0.2) is 4.98 Å². The van der Waals surface area contributed by atoms with Crippen molar-refractivity contribution >= 4 is 11.6 Å². The van der Waals surface area contributed by atoms with Crippen molar-refractivity contribution in [2.75, 3.05) is 0 Å². The summed E-state index contributed by atoms with van der Waals surface area (Å²) in [5.74, 6) is -0.494. The lowest BCUT2D eigenvalue weighted by Gasteiger charge is -2.38. The van der Waals surface area contributed by atoms with Gasteiger partial charge in [-0.25, -0.2) is 4.98 Å². The number of hydrogen-bond donors (Lipinski definition) is 1. The Bertz CT molecular complexity index is 336. The van der Waals surface area contributed by atoms with Crippen LogP contribution in [0.2, 0.25) is 5.02 Å². The molecule has 0 radical (unpaired) electrons. The van der Waals surface area contributed by atoms with E-state index in [9.17, 15) is 4.39 Å². The van der Waals surface area contributed by atoms with E-state index in [0.29, 0.717) is 10.6 Å². The lowest BCUT2D eigenvalue weighted by molar-refractivity contribution is 0.243. The first-order valence-electron chi connectivity index (χ1n) is 4.22. The van der Waals surface area contributed by atoms with Crippen molar-refractivity contribution < 1.29 is 4.39 Å². The van der Waals surface area contributed by atoms with E-state index in [4.69, 9.17) is 17.3 Å². The highest BCUT2D eigenvalue weighted by Crippen LogP contribution is 2.39. The van der Waals surface area contributed by atoms with Crippen molar-refractivity contribution in [3.05, 3.63) is 28.8 Å². The summed E-state index contributed by atoms with van der Waals surface area (Å²) in [4.78, 5) is 3.55. The molecule has 1 heterocycles. The van der Waals surface area contributed by atoms with Gasteiger partial charge in [0.15, 0.2) is 0 Å². The minimum absolute atomic E-state index is 0.438. The second kappa shape index (κ2) is 2.93. The minimum atomic E-state index is -0.526. The van der Waals surface area contributed by atoms with Crippen molar-refractivity contribution in [1.82, 2.24) is 4.98 Å². The molecule has 1 aliphatic rings. The maximum atomic E-state index is 13.2. The van der Waals surface area contributed by atoms with Crippen molar-refractivity contribution in [1.29, 1.82) is 0 Å². The molecule has 1 aromatic heterocycles. The first-order chi connectivity index (χ1) is 6.12. The van der Waals surface area contributed by atoms with Crippen LogP contribution in [0.5, 0.6) is 0 Å². The monoisotopic (exact) mass is 200 g/mol. The summed E-state index contributed by atoms with van der Waals surface area (Å²) < 4.78 is 13.2. The Kier molecular flexibility index (Phi) is 2.00. The van der Waals surface area contributed by atoms with E-state index in [2.05, 4.69) is 4.98 Å². The molecular weight excluding hydrogens is 191 g/mol. The van der Waals surface area contributed by atoms with Gasteiger partial charge in [0.25, 0.3) is 0 Å². The van der Waals surface area contributed by atoms with Crippen LogP contribution < -0.4 is 5.73 Å². The Labute approximate surface area is 80.9 Å². The van der Waals surface area contributed by atoms with Gasteiger partial charge >= 0.3 is 0 Å². The van der Waals surface area contributed by atoms with Gasteiger partial charge in [-0.3, -0.25) is 0 Å². The molecule has 1 aromatic rings. The van der Waals surface area contributed by atoms with Crippen LogP contribution in [-0.2, 0) is 5.54 Å². The smallest absolute Gasteiger partial charge is 0.217 e. The van der Waals surface area contributed by atoms with Crippen LogP contribution in [0.3, 0.4) is 0 Å². The van der Waals surface area contributed by atoms with E-state index < -0.39 is 11.5 Å². The molecule has 1 fully saturated rings. The van der Waals surface area contributed by atoms with Gasteiger partial charge in [-0.15, -0.1) is 0 Å². The van der Waals surface area contributed by atoms with E-state index in [1.54, 1.807) is 6.07 Å². The molecule has 2 nitrogen and oxygen atoms in total. The van der Waals surface area contributed by atoms with Gasteiger partial charge in [-0.1, -0.05) is 11.6 Å². The lowest BCUT2D eigenvalue weighted by Crippen LogP contribution is -2.44. The lowest BCUT2D eigenvalue weighted by atomic mass is 9.73. The highest BCUT2D eigenvalue weighted by atomic mass is 35.5. The van der Waals surface area contributed by atoms with Gasteiger partial charge in [0.2, 0.25) is 5.95 Å². The fourth-order valence-corrected chi connectivity index (χ4v) is 1.76. The summed E-state index contributed by atoms with van der Waals surface area (Å²) in [6.45, 7) is 0. The number of aromatic nitrogens is 1. The van der Waals surface area contributed by atoms with Gasteiger partial charge in [0, 0.05) is 17.3 Å². The zero-order chi connectivity index (χ0) is 9.47. The van der Waals surface area contributed by atoms with E-state index in [1.807, 2.05) is 0 Å². The fraction of sp³-hybridized carbons (Fsp3) is 0.444. The fourth-order valence-electron chi connectivity index (χ4n) is 1.60. The van der Waals surface area contributed by atoms with E-state index in [0.717, 1.165) is 19.3 Å². The zero-order valence-corrected chi connectivity index (χ0v) is 7.81. The van der Waals surface area contributed by atoms with Gasteiger partial charge in [-0.2, -0.15) is 4.39 Å². The molecule has 0 aromatic carbocycles. The topological polar surface area (TPSA) is 38.9 Å². The molecule has 2 N–H and O–H groups in total. The van der Waals surface area contributed by atoms with E-state index in [1.165, 1.54) is 6.20 Å². The Morgan fingerprint density at radius 3 is 2.77 bits per heavy atom. The SMILES string of the molecule is NC1(c2cc(Cl)cnc2F)CCC1. The normalized spacial score (nSPS) is 19.6. The third-order valence-electron chi connectivity index (χ3n) is 2.59. The molecule has 70 valence electrons. The Morgan fingerprint density at radius 1 is 1.54 bits per heavy atom. The third kappa shape index (κ3) is 1.42. The van der Waals surface area contributed by atoms with Crippen LogP contribution >= 0.6 is 11.6 Å². The van der Waals surface area contributed by atoms with Crippen LogP contribution in [0, 0.1) is 5.95 Å². The molecule has 0 spiro atoms. The standard InChI is InChI=1S/C9H10ClFN2/c10-6-4-7(8(11)13-5-6)9(12)2-1-3-9/h4-5H,1-3,12H2. The van der Waals surface area contributed by atoms with Crippen LogP contribution in [0.4, 0.5) is 4.39 Å². The highest BCUT2D eigenvalue weighted by molar-refractivity contribution is 6.30. The number of halogens is 2. The molecule has 2 rings (SSSR count). The largest absolute Gasteiger partial charge is 0.321 e. The molecule has 4 heteroatoms. The second-order valence-electron chi connectivity index (χ2n) is 3.50. The average molecular weight is 201 g/mol. The van der Waals surface area contributed by atoms with Crippen LogP contribution in [0.15, 0.2) is 12.3 Å². The molecule has 0 atom stereocenters. The summed E-state index contributed by atoms with van der Waals surface area (Å²) in [6.07, 6.45) is 3.96. The van der Waals surface area contributed by atoms with Crippen molar-refractivity contribution in [2.24, 2.45) is 5.73 Å². The molecule has 0 unspecified atom stereocenters. The maximum absolute atomic E-state index is 13.2. The number of rotatable bonds is 1. The zero-order valence-electron chi connectivity index (χ0n) is 7.06. The molecule has 0 bridgehead atoms. The molecule has 1 saturated carbocycles. The predicted molar refractivity (Wildman–Crippen MR) is 48.9 cm³/mol. The van der Waals surface area contributed by atoms with Gasteiger partial charge in [0.05, 0.1) is 5.02 Å². The summed E-state index contributed by atoms with van der Waals surface area (Å²) in [5, 5.41) is 0.438. The Balaban J connectivity index is 2.43. The average Bonchev–Trinajstić information content (AvgIpc) is 2.05. The molecular formula is C9H10ClFN2.